The number of nitrogens with one attached hydrogen (secondary N) is 3. The van der Waals surface area contributed by atoms with Crippen LogP contribution in [0.15, 0.2) is 53.5 Å². The summed E-state index contributed by atoms with van der Waals surface area (Å²) < 4.78 is 0. The predicted molar refractivity (Wildman–Crippen MR) is 105 cm³/mol. The van der Waals surface area contributed by atoms with E-state index in [9.17, 15) is 14.4 Å². The van der Waals surface area contributed by atoms with Gasteiger partial charge in [-0.2, -0.15) is 0 Å². The Morgan fingerprint density at radius 2 is 1.81 bits per heavy atom. The molecule has 6 heteroatoms. The van der Waals surface area contributed by atoms with Crippen LogP contribution in [0.25, 0.3) is 10.9 Å². The lowest BCUT2D eigenvalue weighted by Gasteiger charge is -2.10. The molecule has 0 saturated carbocycles. The molecule has 0 radical (unpaired) electrons. The zero-order chi connectivity index (χ0) is 19.4. The molecule has 0 aliphatic heterocycles. The molecule has 3 aromatic rings. The van der Waals surface area contributed by atoms with E-state index >= 15 is 0 Å². The molecule has 0 aliphatic carbocycles. The van der Waals surface area contributed by atoms with Crippen molar-refractivity contribution < 1.29 is 9.59 Å². The molecule has 2 aromatic carbocycles. The maximum absolute atomic E-state index is 12.4. The van der Waals surface area contributed by atoms with Crippen molar-refractivity contribution >= 4 is 22.7 Å². The van der Waals surface area contributed by atoms with Crippen LogP contribution in [-0.4, -0.2) is 23.3 Å². The molecule has 3 rings (SSSR count). The second kappa shape index (κ2) is 7.86. The summed E-state index contributed by atoms with van der Waals surface area (Å²) in [6.07, 6.45) is 1.37. The first-order chi connectivity index (χ1) is 13.0. The SMILES string of the molecule is Cc1ccc(CNC(=O)CNC(=O)c2c[nH]c3ccccc3c2=O)c(C)c1. The number of carbonyl (C=O) groups excluding carboxylic acids is 2. The van der Waals surface area contributed by atoms with E-state index < -0.39 is 5.91 Å². The van der Waals surface area contributed by atoms with Gasteiger partial charge in [0.25, 0.3) is 5.91 Å². The van der Waals surface area contributed by atoms with Crippen molar-refractivity contribution in [2.24, 2.45) is 0 Å². The van der Waals surface area contributed by atoms with Crippen molar-refractivity contribution in [1.29, 1.82) is 0 Å². The van der Waals surface area contributed by atoms with E-state index in [0.717, 1.165) is 16.7 Å². The Balaban J connectivity index is 1.59. The Kier molecular flexibility index (Phi) is 5.35. The first kappa shape index (κ1) is 18.4. The molecule has 0 atom stereocenters. The minimum Gasteiger partial charge on any atom is -0.360 e. The van der Waals surface area contributed by atoms with E-state index in [4.69, 9.17) is 0 Å². The van der Waals surface area contributed by atoms with Crippen LogP contribution in [0.4, 0.5) is 0 Å². The molecule has 1 heterocycles. The number of amides is 2. The molecule has 0 spiro atoms. The number of aromatic nitrogens is 1. The zero-order valence-electron chi connectivity index (χ0n) is 15.3. The van der Waals surface area contributed by atoms with Gasteiger partial charge in [0.05, 0.1) is 6.54 Å². The van der Waals surface area contributed by atoms with Crippen molar-refractivity contribution in [1.82, 2.24) is 15.6 Å². The summed E-state index contributed by atoms with van der Waals surface area (Å²) in [4.78, 5) is 39.6. The zero-order valence-corrected chi connectivity index (χ0v) is 15.3. The molecule has 0 fully saturated rings. The number of para-hydroxylation sites is 1. The molecule has 1 aromatic heterocycles. The van der Waals surface area contributed by atoms with Crippen molar-refractivity contribution in [3.8, 4) is 0 Å². The lowest BCUT2D eigenvalue weighted by atomic mass is 10.1. The number of hydrogen-bond acceptors (Lipinski definition) is 3. The van der Waals surface area contributed by atoms with Crippen LogP contribution in [0.2, 0.25) is 0 Å². The van der Waals surface area contributed by atoms with Crippen LogP contribution in [0.5, 0.6) is 0 Å². The third-order valence-electron chi connectivity index (χ3n) is 4.42. The first-order valence-corrected chi connectivity index (χ1v) is 8.67. The molecule has 6 nitrogen and oxygen atoms in total. The van der Waals surface area contributed by atoms with Crippen molar-refractivity contribution in [2.45, 2.75) is 20.4 Å². The van der Waals surface area contributed by atoms with Gasteiger partial charge in [-0.3, -0.25) is 14.4 Å². The minimum atomic E-state index is -0.580. The highest BCUT2D eigenvalue weighted by Crippen LogP contribution is 2.10. The highest BCUT2D eigenvalue weighted by molar-refractivity contribution is 5.98. The number of aromatic amines is 1. The third-order valence-corrected chi connectivity index (χ3v) is 4.42. The predicted octanol–water partition coefficient (Wildman–Crippen LogP) is 2.19. The summed E-state index contributed by atoms with van der Waals surface area (Å²) in [5.74, 6) is -0.899. The summed E-state index contributed by atoms with van der Waals surface area (Å²) in [5.41, 5.74) is 3.56. The number of benzene rings is 2. The van der Waals surface area contributed by atoms with E-state index in [1.807, 2.05) is 26.0 Å². The maximum atomic E-state index is 12.4. The molecule has 27 heavy (non-hydrogen) atoms. The molecule has 138 valence electrons. The second-order valence-corrected chi connectivity index (χ2v) is 6.47. The Morgan fingerprint density at radius 3 is 2.59 bits per heavy atom. The molecule has 0 saturated heterocycles. The van der Waals surface area contributed by atoms with Gasteiger partial charge in [0, 0.05) is 23.6 Å². The van der Waals surface area contributed by atoms with Crippen LogP contribution < -0.4 is 16.1 Å². The smallest absolute Gasteiger partial charge is 0.257 e. The van der Waals surface area contributed by atoms with Gasteiger partial charge >= 0.3 is 0 Å². The quantitative estimate of drug-likeness (QED) is 0.649. The minimum absolute atomic E-state index is 0.0177. The Bertz CT molecular complexity index is 1070. The Labute approximate surface area is 156 Å². The van der Waals surface area contributed by atoms with Crippen molar-refractivity contribution in [3.63, 3.8) is 0 Å². The third kappa shape index (κ3) is 4.23. The molecular formula is C21H21N3O3. The standard InChI is InChI=1S/C21H21N3O3/c1-13-7-8-15(14(2)9-13)10-23-19(25)12-24-21(27)17-11-22-18-6-4-3-5-16(18)20(17)26/h3-9,11H,10,12H2,1-2H3,(H,22,26)(H,23,25)(H,24,27). The molecule has 0 unspecified atom stereocenters. The number of hydrogen-bond donors (Lipinski definition) is 3. The van der Waals surface area contributed by atoms with Crippen LogP contribution >= 0.6 is 0 Å². The second-order valence-electron chi connectivity index (χ2n) is 6.47. The number of aryl methyl sites for hydroxylation is 2. The monoisotopic (exact) mass is 363 g/mol. The van der Waals surface area contributed by atoms with Gasteiger partial charge in [0.1, 0.15) is 5.56 Å². The van der Waals surface area contributed by atoms with Gasteiger partial charge in [0.15, 0.2) is 0 Å². The number of pyridine rings is 1. The van der Waals surface area contributed by atoms with Crippen LogP contribution in [-0.2, 0) is 11.3 Å². The number of rotatable bonds is 5. The van der Waals surface area contributed by atoms with Gasteiger partial charge in [-0.05, 0) is 37.1 Å². The summed E-state index contributed by atoms with van der Waals surface area (Å²) in [6, 6.07) is 13.0. The lowest BCUT2D eigenvalue weighted by Crippen LogP contribution is -2.38. The normalized spacial score (nSPS) is 10.6. The fraction of sp³-hybridized carbons (Fsp3) is 0.190. The highest BCUT2D eigenvalue weighted by Gasteiger charge is 2.13. The van der Waals surface area contributed by atoms with Crippen LogP contribution in [0.3, 0.4) is 0 Å². The summed E-state index contributed by atoms with van der Waals surface area (Å²) >= 11 is 0. The van der Waals surface area contributed by atoms with Gasteiger partial charge in [0.2, 0.25) is 11.3 Å². The van der Waals surface area contributed by atoms with Crippen LogP contribution in [0.1, 0.15) is 27.0 Å². The molecular weight excluding hydrogens is 342 g/mol. The lowest BCUT2D eigenvalue weighted by molar-refractivity contribution is -0.120. The van der Waals surface area contributed by atoms with E-state index in [1.165, 1.54) is 6.20 Å². The van der Waals surface area contributed by atoms with Gasteiger partial charge in [-0.25, -0.2) is 0 Å². The van der Waals surface area contributed by atoms with Gasteiger partial charge < -0.3 is 15.6 Å². The Hall–Kier alpha value is -3.41. The molecule has 0 bridgehead atoms. The fourth-order valence-electron chi connectivity index (χ4n) is 2.89. The number of carbonyl (C=O) groups is 2. The average Bonchev–Trinajstić information content (AvgIpc) is 2.66. The van der Waals surface area contributed by atoms with Crippen molar-refractivity contribution in [3.05, 3.63) is 81.1 Å². The van der Waals surface area contributed by atoms with E-state index in [-0.39, 0.29) is 23.4 Å². The highest BCUT2D eigenvalue weighted by atomic mass is 16.2. The van der Waals surface area contributed by atoms with Crippen molar-refractivity contribution in [2.75, 3.05) is 6.54 Å². The van der Waals surface area contributed by atoms with Gasteiger partial charge in [-0.1, -0.05) is 35.9 Å². The molecule has 3 N–H and O–H groups in total. The summed E-state index contributed by atoms with van der Waals surface area (Å²) in [6.45, 7) is 4.19. The van der Waals surface area contributed by atoms with Crippen LogP contribution in [0, 0.1) is 13.8 Å². The van der Waals surface area contributed by atoms with E-state index in [0.29, 0.717) is 17.4 Å². The first-order valence-electron chi connectivity index (χ1n) is 8.67. The number of fused-ring (bicyclic) bond motifs is 1. The largest absolute Gasteiger partial charge is 0.360 e. The Morgan fingerprint density at radius 1 is 1.04 bits per heavy atom. The fourth-order valence-corrected chi connectivity index (χ4v) is 2.89. The summed E-state index contributed by atoms with van der Waals surface area (Å²) in [7, 11) is 0. The molecule has 2 amide bonds. The van der Waals surface area contributed by atoms with E-state index in [1.54, 1.807) is 24.3 Å². The topological polar surface area (TPSA) is 91.1 Å². The summed E-state index contributed by atoms with van der Waals surface area (Å²) in [5, 5.41) is 5.70. The average molecular weight is 363 g/mol. The number of H-pyrrole nitrogens is 1. The maximum Gasteiger partial charge on any atom is 0.257 e. The van der Waals surface area contributed by atoms with Gasteiger partial charge in [-0.15, -0.1) is 0 Å². The van der Waals surface area contributed by atoms with E-state index in [2.05, 4.69) is 21.7 Å². The molecule has 0 aliphatic rings.